The van der Waals surface area contributed by atoms with Crippen LogP contribution in [-0.4, -0.2) is 62.7 Å². The minimum atomic E-state index is 1.05. The summed E-state index contributed by atoms with van der Waals surface area (Å²) in [5.74, 6) is 0. The number of rotatable bonds is 4. The molecule has 0 amide bonds. The SMILES string of the molecule is CN(C)Cc1cccc(CN(C)C)[c]1[Bi]. The van der Waals surface area contributed by atoms with Crippen LogP contribution in [0.3, 0.4) is 0 Å². The molecule has 0 unspecified atom stereocenters. The van der Waals surface area contributed by atoms with Gasteiger partial charge in [-0.15, -0.1) is 0 Å². The Kier molecular flexibility index (Phi) is 5.18. The van der Waals surface area contributed by atoms with E-state index in [1.807, 2.05) is 0 Å². The molecule has 0 bridgehead atoms. The Morgan fingerprint density at radius 1 is 0.933 bits per heavy atom. The van der Waals surface area contributed by atoms with Gasteiger partial charge in [-0.25, -0.2) is 0 Å². The average Bonchev–Trinajstić information content (AvgIpc) is 2.10. The van der Waals surface area contributed by atoms with E-state index >= 15 is 0 Å². The van der Waals surface area contributed by atoms with Crippen LogP contribution in [0.15, 0.2) is 18.2 Å². The zero-order valence-electron chi connectivity index (χ0n) is 9.99. The molecule has 2 radical (unpaired) electrons. The van der Waals surface area contributed by atoms with E-state index < -0.39 is 0 Å². The summed E-state index contributed by atoms with van der Waals surface area (Å²) in [6, 6.07) is 6.66. The summed E-state index contributed by atoms with van der Waals surface area (Å²) in [5, 5.41) is 0. The molecule has 1 aromatic rings. The van der Waals surface area contributed by atoms with Crippen molar-refractivity contribution in [1.29, 1.82) is 0 Å². The Balaban J connectivity index is 2.90. The van der Waals surface area contributed by atoms with E-state index in [-0.39, 0.29) is 0 Å². The van der Waals surface area contributed by atoms with Gasteiger partial charge in [0.2, 0.25) is 0 Å². The van der Waals surface area contributed by atoms with Gasteiger partial charge < -0.3 is 0 Å². The van der Waals surface area contributed by atoms with Gasteiger partial charge in [0.1, 0.15) is 0 Å². The van der Waals surface area contributed by atoms with Crippen molar-refractivity contribution in [2.75, 3.05) is 28.2 Å². The van der Waals surface area contributed by atoms with Crippen molar-refractivity contribution in [3.8, 4) is 0 Å². The normalized spacial score (nSPS) is 11.4. The standard InChI is InChI=1S/C12H19N2.Bi/c1-13(2)9-11-6-5-7-12(8-11)10-14(3)4;/h5-7H,9-10H2,1-4H3;. The number of hydrogen-bond acceptors (Lipinski definition) is 2. The third-order valence-corrected chi connectivity index (χ3v) is 4.41. The van der Waals surface area contributed by atoms with Crippen molar-refractivity contribution < 1.29 is 0 Å². The molecule has 0 aliphatic carbocycles. The van der Waals surface area contributed by atoms with E-state index in [1.165, 1.54) is 35.8 Å². The van der Waals surface area contributed by atoms with Gasteiger partial charge in [0.15, 0.2) is 0 Å². The second kappa shape index (κ2) is 5.93. The zero-order valence-corrected chi connectivity index (χ0v) is 13.5. The zero-order chi connectivity index (χ0) is 11.4. The van der Waals surface area contributed by atoms with Gasteiger partial charge in [-0.3, -0.25) is 0 Å². The summed E-state index contributed by atoms with van der Waals surface area (Å²) in [4.78, 5) is 4.46. The van der Waals surface area contributed by atoms with Crippen molar-refractivity contribution in [2.24, 2.45) is 0 Å². The molecule has 0 N–H and O–H groups in total. The van der Waals surface area contributed by atoms with E-state index in [0.29, 0.717) is 0 Å². The van der Waals surface area contributed by atoms with Crippen LogP contribution in [0.4, 0.5) is 0 Å². The predicted octanol–water partition coefficient (Wildman–Crippen LogP) is 0.604. The van der Waals surface area contributed by atoms with Crippen LogP contribution >= 0.6 is 0 Å². The van der Waals surface area contributed by atoms with Gasteiger partial charge in [0.05, 0.1) is 0 Å². The molecular formula is C12H19BiN2. The van der Waals surface area contributed by atoms with Crippen LogP contribution < -0.4 is 3.27 Å². The summed E-state index contributed by atoms with van der Waals surface area (Å²) >= 11 is 1.35. The molecule has 1 rings (SSSR count). The Morgan fingerprint density at radius 2 is 1.33 bits per heavy atom. The molecule has 0 saturated carbocycles. The topological polar surface area (TPSA) is 6.48 Å². The molecule has 1 aromatic carbocycles. The van der Waals surface area contributed by atoms with E-state index in [0.717, 1.165) is 13.1 Å². The Bertz CT molecular complexity index is 293. The predicted molar refractivity (Wildman–Crippen MR) is 66.6 cm³/mol. The Morgan fingerprint density at radius 3 is 1.67 bits per heavy atom. The third kappa shape index (κ3) is 4.18. The molecule has 0 aromatic heterocycles. The van der Waals surface area contributed by atoms with Crippen molar-refractivity contribution in [2.45, 2.75) is 13.1 Å². The fraction of sp³-hybridized carbons (Fsp3) is 0.500. The quantitative estimate of drug-likeness (QED) is 0.684. The van der Waals surface area contributed by atoms with Gasteiger partial charge in [0, 0.05) is 0 Å². The van der Waals surface area contributed by atoms with Crippen LogP contribution in [0, 0.1) is 0 Å². The van der Waals surface area contributed by atoms with Crippen molar-refractivity contribution >= 4 is 28.0 Å². The first-order chi connectivity index (χ1) is 7.00. The molecule has 0 aliphatic heterocycles. The Labute approximate surface area is 108 Å². The van der Waals surface area contributed by atoms with Gasteiger partial charge in [0.25, 0.3) is 0 Å². The molecule has 0 saturated heterocycles. The molecule has 0 spiro atoms. The molecule has 0 heterocycles. The molecule has 15 heavy (non-hydrogen) atoms. The minimum absolute atomic E-state index is 1.05. The van der Waals surface area contributed by atoms with E-state index in [2.05, 4.69) is 56.2 Å². The van der Waals surface area contributed by atoms with Crippen LogP contribution in [0.1, 0.15) is 11.1 Å². The maximum atomic E-state index is 2.24. The summed E-state index contributed by atoms with van der Waals surface area (Å²) in [6.07, 6.45) is 0. The monoisotopic (exact) mass is 400 g/mol. The maximum absolute atomic E-state index is 2.24. The van der Waals surface area contributed by atoms with E-state index in [4.69, 9.17) is 0 Å². The first kappa shape index (κ1) is 13.1. The molecule has 0 aliphatic rings. The first-order valence-electron chi connectivity index (χ1n) is 5.10. The van der Waals surface area contributed by atoms with Gasteiger partial charge >= 0.3 is 108 Å². The molecule has 0 atom stereocenters. The fourth-order valence-corrected chi connectivity index (χ4v) is 2.71. The van der Waals surface area contributed by atoms with Crippen molar-refractivity contribution in [1.82, 2.24) is 9.80 Å². The number of benzene rings is 1. The van der Waals surface area contributed by atoms with Crippen molar-refractivity contribution in [3.63, 3.8) is 0 Å². The van der Waals surface area contributed by atoms with Gasteiger partial charge in [-0.1, -0.05) is 0 Å². The summed E-state index contributed by atoms with van der Waals surface area (Å²) in [5.41, 5.74) is 2.96. The van der Waals surface area contributed by atoms with Crippen LogP contribution in [0.5, 0.6) is 0 Å². The van der Waals surface area contributed by atoms with E-state index in [1.54, 1.807) is 3.27 Å². The second-order valence-electron chi connectivity index (χ2n) is 4.40. The fourth-order valence-electron chi connectivity index (χ4n) is 1.58. The van der Waals surface area contributed by atoms with Crippen LogP contribution in [0.25, 0.3) is 0 Å². The molecule has 0 fully saturated rings. The number of hydrogen-bond donors (Lipinski definition) is 0. The van der Waals surface area contributed by atoms with Crippen LogP contribution in [-0.2, 0) is 13.1 Å². The summed E-state index contributed by atoms with van der Waals surface area (Å²) < 4.78 is 1.54. The summed E-state index contributed by atoms with van der Waals surface area (Å²) in [6.45, 7) is 2.10. The molecule has 2 nitrogen and oxygen atoms in total. The molecule has 3 heteroatoms. The van der Waals surface area contributed by atoms with Gasteiger partial charge in [-0.2, -0.15) is 0 Å². The van der Waals surface area contributed by atoms with Gasteiger partial charge in [-0.05, 0) is 0 Å². The average molecular weight is 400 g/mol. The molecule has 82 valence electrons. The third-order valence-electron chi connectivity index (χ3n) is 2.18. The second-order valence-corrected chi connectivity index (χ2v) is 6.14. The first-order valence-corrected chi connectivity index (χ1v) is 6.83. The molecular weight excluding hydrogens is 381 g/mol. The van der Waals surface area contributed by atoms with Crippen molar-refractivity contribution in [3.05, 3.63) is 29.3 Å². The van der Waals surface area contributed by atoms with Crippen LogP contribution in [0.2, 0.25) is 0 Å². The summed E-state index contributed by atoms with van der Waals surface area (Å²) in [7, 11) is 8.49. The number of nitrogens with zero attached hydrogens (tertiary/aromatic N) is 2. The van der Waals surface area contributed by atoms with E-state index in [9.17, 15) is 0 Å². The Hall–Kier alpha value is 0.0231.